The molecule has 1 amide bonds. The van der Waals surface area contributed by atoms with E-state index >= 15 is 0 Å². The number of amides is 1. The average molecular weight is 267 g/mol. The number of hydrogen-bond donors (Lipinski definition) is 3. The van der Waals surface area contributed by atoms with Gasteiger partial charge < -0.3 is 20.3 Å². The molecule has 0 heterocycles. The topological polar surface area (TPSA) is 95.9 Å². The molecule has 3 N–H and O–H groups in total. The van der Waals surface area contributed by atoms with E-state index in [1.807, 2.05) is 30.3 Å². The third kappa shape index (κ3) is 6.42. The maximum absolute atomic E-state index is 11.3. The summed E-state index contributed by atoms with van der Waals surface area (Å²) in [5.74, 6) is -1.26. The van der Waals surface area contributed by atoms with E-state index in [4.69, 9.17) is 14.9 Å². The van der Waals surface area contributed by atoms with Crippen molar-refractivity contribution in [3.8, 4) is 0 Å². The summed E-state index contributed by atoms with van der Waals surface area (Å²) in [5.41, 5.74) is 0.888. The van der Waals surface area contributed by atoms with Gasteiger partial charge in [0.15, 0.2) is 6.10 Å². The van der Waals surface area contributed by atoms with Crippen LogP contribution in [0, 0.1) is 0 Å². The van der Waals surface area contributed by atoms with Gasteiger partial charge in [0.25, 0.3) is 0 Å². The number of benzene rings is 1. The molecule has 0 spiro atoms. The van der Waals surface area contributed by atoms with E-state index in [2.05, 4.69) is 5.32 Å². The molecule has 0 saturated heterocycles. The van der Waals surface area contributed by atoms with Crippen molar-refractivity contribution in [2.45, 2.75) is 25.6 Å². The third-order valence-electron chi connectivity index (χ3n) is 2.42. The molecule has 1 aromatic rings. The molecule has 0 aliphatic heterocycles. The Morgan fingerprint density at radius 3 is 2.58 bits per heavy atom. The minimum Gasteiger partial charge on any atom is -0.479 e. The van der Waals surface area contributed by atoms with Gasteiger partial charge in [0.2, 0.25) is 0 Å². The van der Waals surface area contributed by atoms with E-state index in [1.54, 1.807) is 0 Å². The van der Waals surface area contributed by atoms with Gasteiger partial charge in [-0.15, -0.1) is 0 Å². The second-order valence-electron chi connectivity index (χ2n) is 3.98. The van der Waals surface area contributed by atoms with Gasteiger partial charge in [0.05, 0.1) is 0 Å². The molecule has 104 valence electrons. The lowest BCUT2D eigenvalue weighted by Crippen LogP contribution is -2.27. The van der Waals surface area contributed by atoms with Gasteiger partial charge in [-0.05, 0) is 18.4 Å². The van der Waals surface area contributed by atoms with Gasteiger partial charge in [-0.3, -0.25) is 0 Å². The number of hydrogen-bond acceptors (Lipinski definition) is 4. The number of carbonyl (C=O) groups is 2. The average Bonchev–Trinajstić information content (AvgIpc) is 2.42. The minimum atomic E-state index is -1.39. The minimum absolute atomic E-state index is 0.0916. The van der Waals surface area contributed by atoms with Crippen LogP contribution in [0.25, 0.3) is 0 Å². The molecule has 0 aromatic heterocycles. The van der Waals surface area contributed by atoms with E-state index in [0.717, 1.165) is 5.56 Å². The molecule has 0 fully saturated rings. The third-order valence-corrected chi connectivity index (χ3v) is 2.42. The highest BCUT2D eigenvalue weighted by Crippen LogP contribution is 2.00. The van der Waals surface area contributed by atoms with E-state index in [-0.39, 0.29) is 19.6 Å². The summed E-state index contributed by atoms with van der Waals surface area (Å²) in [4.78, 5) is 21.6. The Labute approximate surface area is 111 Å². The van der Waals surface area contributed by atoms with Crippen LogP contribution in [0.3, 0.4) is 0 Å². The van der Waals surface area contributed by atoms with Crippen molar-refractivity contribution < 1.29 is 24.5 Å². The largest absolute Gasteiger partial charge is 0.479 e. The first kappa shape index (κ1) is 15.0. The van der Waals surface area contributed by atoms with Gasteiger partial charge in [0, 0.05) is 6.54 Å². The molecule has 19 heavy (non-hydrogen) atoms. The van der Waals surface area contributed by atoms with Crippen molar-refractivity contribution in [1.82, 2.24) is 5.32 Å². The van der Waals surface area contributed by atoms with E-state index in [0.29, 0.717) is 6.42 Å². The highest BCUT2D eigenvalue weighted by atomic mass is 16.5. The summed E-state index contributed by atoms with van der Waals surface area (Å²) in [6.07, 6.45) is -1.49. The lowest BCUT2D eigenvalue weighted by Gasteiger charge is -2.08. The molecular formula is C13H17NO5. The van der Waals surface area contributed by atoms with Gasteiger partial charge in [-0.1, -0.05) is 30.3 Å². The molecule has 6 heteroatoms. The lowest BCUT2D eigenvalue weighted by molar-refractivity contribution is -0.146. The number of rotatable bonds is 7. The molecule has 1 aromatic carbocycles. The number of carboxylic acid groups (broad SMARTS) is 1. The molecule has 1 atom stereocenters. The molecule has 0 aliphatic carbocycles. The molecule has 6 nitrogen and oxygen atoms in total. The molecule has 1 rings (SSSR count). The first-order valence-corrected chi connectivity index (χ1v) is 5.95. The van der Waals surface area contributed by atoms with Crippen LogP contribution in [0.2, 0.25) is 0 Å². The zero-order valence-corrected chi connectivity index (χ0v) is 10.4. The standard InChI is InChI=1S/C13H17NO5/c15-11(12(16)17)7-4-8-14-13(18)19-9-10-5-2-1-3-6-10/h1-3,5-6,11,15H,4,7-9H2,(H,14,18)(H,16,17)/t11-/m0/s1. The Morgan fingerprint density at radius 2 is 1.95 bits per heavy atom. The molecule has 0 saturated carbocycles. The summed E-state index contributed by atoms with van der Waals surface area (Å²) < 4.78 is 4.95. The molecule has 0 radical (unpaired) electrons. The zero-order chi connectivity index (χ0) is 14.1. The van der Waals surface area contributed by atoms with Crippen LogP contribution >= 0.6 is 0 Å². The van der Waals surface area contributed by atoms with Gasteiger partial charge >= 0.3 is 12.1 Å². The van der Waals surface area contributed by atoms with E-state index in [9.17, 15) is 9.59 Å². The monoisotopic (exact) mass is 267 g/mol. The van der Waals surface area contributed by atoms with Crippen molar-refractivity contribution >= 4 is 12.1 Å². The highest BCUT2D eigenvalue weighted by molar-refractivity contribution is 5.71. The van der Waals surface area contributed by atoms with Crippen LogP contribution in [0.5, 0.6) is 0 Å². The molecular weight excluding hydrogens is 250 g/mol. The van der Waals surface area contributed by atoms with Gasteiger partial charge in [0.1, 0.15) is 6.61 Å². The normalized spacial score (nSPS) is 11.6. The molecule has 0 unspecified atom stereocenters. The number of alkyl carbamates (subject to hydrolysis) is 1. The zero-order valence-electron chi connectivity index (χ0n) is 10.4. The summed E-state index contributed by atoms with van der Waals surface area (Å²) in [6, 6.07) is 9.26. The van der Waals surface area contributed by atoms with Crippen LogP contribution in [-0.4, -0.2) is 34.9 Å². The van der Waals surface area contributed by atoms with Crippen LogP contribution in [0.15, 0.2) is 30.3 Å². The number of carboxylic acids is 1. The van der Waals surface area contributed by atoms with Crippen molar-refractivity contribution in [3.63, 3.8) is 0 Å². The smallest absolute Gasteiger partial charge is 0.407 e. The summed E-state index contributed by atoms with van der Waals surface area (Å²) >= 11 is 0. The summed E-state index contributed by atoms with van der Waals surface area (Å²) in [6.45, 7) is 0.447. The summed E-state index contributed by atoms with van der Waals surface area (Å²) in [5, 5.41) is 19.9. The number of nitrogens with one attached hydrogen (secondary N) is 1. The number of aliphatic carboxylic acids is 1. The van der Waals surface area contributed by atoms with Crippen molar-refractivity contribution in [3.05, 3.63) is 35.9 Å². The molecule has 0 aliphatic rings. The predicted octanol–water partition coefficient (Wildman–Crippen LogP) is 1.14. The first-order chi connectivity index (χ1) is 9.09. The number of ether oxygens (including phenoxy) is 1. The van der Waals surface area contributed by atoms with Crippen molar-refractivity contribution in [2.75, 3.05) is 6.54 Å². The first-order valence-electron chi connectivity index (χ1n) is 5.95. The second-order valence-corrected chi connectivity index (χ2v) is 3.98. The Hall–Kier alpha value is -2.08. The fourth-order valence-corrected chi connectivity index (χ4v) is 1.38. The predicted molar refractivity (Wildman–Crippen MR) is 67.5 cm³/mol. The molecule has 0 bridgehead atoms. The van der Waals surface area contributed by atoms with Crippen molar-refractivity contribution in [1.29, 1.82) is 0 Å². The maximum Gasteiger partial charge on any atom is 0.407 e. The van der Waals surface area contributed by atoms with Gasteiger partial charge in [-0.2, -0.15) is 0 Å². The van der Waals surface area contributed by atoms with Gasteiger partial charge in [-0.25, -0.2) is 9.59 Å². The maximum atomic E-state index is 11.3. The quantitative estimate of drug-likeness (QED) is 0.644. The second kappa shape index (κ2) is 8.10. The number of aliphatic hydroxyl groups excluding tert-OH is 1. The Kier molecular flexibility index (Phi) is 6.38. The van der Waals surface area contributed by atoms with Crippen LogP contribution in [-0.2, 0) is 16.1 Å². The fourth-order valence-electron chi connectivity index (χ4n) is 1.38. The lowest BCUT2D eigenvalue weighted by atomic mass is 10.2. The highest BCUT2D eigenvalue weighted by Gasteiger charge is 2.12. The van der Waals surface area contributed by atoms with Crippen LogP contribution < -0.4 is 5.32 Å². The van der Waals surface area contributed by atoms with Crippen molar-refractivity contribution in [2.24, 2.45) is 0 Å². The summed E-state index contributed by atoms with van der Waals surface area (Å²) in [7, 11) is 0. The Morgan fingerprint density at radius 1 is 1.26 bits per heavy atom. The Balaban J connectivity index is 2.10. The Bertz CT molecular complexity index is 407. The SMILES string of the molecule is O=C(NCCC[C@H](O)C(=O)O)OCc1ccccc1. The fraction of sp³-hybridized carbons (Fsp3) is 0.385. The van der Waals surface area contributed by atoms with E-state index < -0.39 is 18.2 Å². The number of carbonyl (C=O) groups excluding carboxylic acids is 1. The van der Waals surface area contributed by atoms with E-state index in [1.165, 1.54) is 0 Å². The van der Waals surface area contributed by atoms with Crippen LogP contribution in [0.4, 0.5) is 4.79 Å². The number of aliphatic hydroxyl groups is 1. The van der Waals surface area contributed by atoms with Crippen LogP contribution in [0.1, 0.15) is 18.4 Å².